The van der Waals surface area contributed by atoms with Crippen LogP contribution in [0.5, 0.6) is 0 Å². The largest absolute Gasteiger partial charge is 0.390 e. The Hall–Kier alpha value is -0.0700. The van der Waals surface area contributed by atoms with Gasteiger partial charge < -0.3 is 5.11 Å². The molecule has 14 heavy (non-hydrogen) atoms. The Morgan fingerprint density at radius 3 is 2.14 bits per heavy atom. The van der Waals surface area contributed by atoms with Gasteiger partial charge in [0.15, 0.2) is 0 Å². The highest BCUT2D eigenvalue weighted by molar-refractivity contribution is 7.84. The number of hydrogen-bond donors (Lipinski definition) is 2. The molecule has 2 unspecified atom stereocenters. The van der Waals surface area contributed by atoms with E-state index < -0.39 is 34.3 Å². The van der Waals surface area contributed by atoms with Crippen molar-refractivity contribution in [1.82, 2.24) is 4.72 Å². The minimum Gasteiger partial charge on any atom is -0.390 e. The number of alkyl halides is 2. The zero-order valence-corrected chi connectivity index (χ0v) is 9.62. The zero-order chi connectivity index (χ0) is 11.6. The summed E-state index contributed by atoms with van der Waals surface area (Å²) in [5.41, 5.74) is 0. The SMILES string of the molecule is CC(NS(=O)C(C)(C)C)C(F)(F)CO. The van der Waals surface area contributed by atoms with E-state index in [1.165, 1.54) is 6.92 Å². The molecule has 0 fully saturated rings. The van der Waals surface area contributed by atoms with E-state index in [0.29, 0.717) is 0 Å². The maximum Gasteiger partial charge on any atom is 0.286 e. The summed E-state index contributed by atoms with van der Waals surface area (Å²) in [5.74, 6) is -3.25. The molecular formula is C8H17F2NO2S. The van der Waals surface area contributed by atoms with Crippen molar-refractivity contribution < 1.29 is 18.1 Å². The fourth-order valence-electron chi connectivity index (χ4n) is 0.560. The number of rotatable bonds is 4. The Morgan fingerprint density at radius 1 is 1.43 bits per heavy atom. The number of halogens is 2. The molecule has 0 rings (SSSR count). The Balaban J connectivity index is 4.34. The molecule has 0 aromatic carbocycles. The van der Waals surface area contributed by atoms with E-state index in [1.807, 2.05) is 0 Å². The lowest BCUT2D eigenvalue weighted by Gasteiger charge is -2.26. The first kappa shape index (κ1) is 13.9. The number of nitrogens with one attached hydrogen (secondary N) is 1. The molecule has 2 atom stereocenters. The Morgan fingerprint density at radius 2 is 1.86 bits per heavy atom. The molecule has 0 aliphatic carbocycles. The van der Waals surface area contributed by atoms with E-state index in [-0.39, 0.29) is 0 Å². The van der Waals surface area contributed by atoms with Crippen molar-refractivity contribution in [3.8, 4) is 0 Å². The van der Waals surface area contributed by atoms with Gasteiger partial charge in [-0.15, -0.1) is 0 Å². The average molecular weight is 229 g/mol. The van der Waals surface area contributed by atoms with Crippen LogP contribution in [0, 0.1) is 0 Å². The monoisotopic (exact) mass is 229 g/mol. The Labute approximate surface area is 85.5 Å². The van der Waals surface area contributed by atoms with Gasteiger partial charge in [-0.25, -0.2) is 17.7 Å². The fourth-order valence-corrected chi connectivity index (χ4v) is 1.41. The van der Waals surface area contributed by atoms with Crippen LogP contribution in [0.1, 0.15) is 27.7 Å². The molecular weight excluding hydrogens is 212 g/mol. The van der Waals surface area contributed by atoms with Crippen molar-refractivity contribution in [2.24, 2.45) is 0 Å². The first-order valence-electron chi connectivity index (χ1n) is 4.28. The molecule has 6 heteroatoms. The molecule has 0 saturated heterocycles. The Kier molecular flexibility index (Phi) is 4.61. The van der Waals surface area contributed by atoms with E-state index in [0.717, 1.165) is 0 Å². The minimum absolute atomic E-state index is 0.597. The first-order chi connectivity index (χ1) is 6.11. The first-order valence-corrected chi connectivity index (χ1v) is 5.43. The van der Waals surface area contributed by atoms with Gasteiger partial charge in [-0.1, -0.05) is 0 Å². The molecule has 0 radical (unpaired) electrons. The van der Waals surface area contributed by atoms with Crippen LogP contribution in [0.3, 0.4) is 0 Å². The molecule has 0 amide bonds. The highest BCUT2D eigenvalue weighted by Gasteiger charge is 2.37. The van der Waals surface area contributed by atoms with Crippen LogP contribution in [0.4, 0.5) is 8.78 Å². The summed E-state index contributed by atoms with van der Waals surface area (Å²) in [4.78, 5) is 0. The molecule has 0 aromatic rings. The van der Waals surface area contributed by atoms with Crippen molar-refractivity contribution >= 4 is 11.0 Å². The Bertz CT molecular complexity index is 216. The molecule has 0 saturated carbocycles. The third kappa shape index (κ3) is 3.98. The maximum atomic E-state index is 12.8. The zero-order valence-electron chi connectivity index (χ0n) is 8.80. The van der Waals surface area contributed by atoms with Crippen LogP contribution in [-0.2, 0) is 11.0 Å². The molecule has 0 heterocycles. The van der Waals surface area contributed by atoms with E-state index in [2.05, 4.69) is 4.72 Å². The van der Waals surface area contributed by atoms with Gasteiger partial charge in [0.2, 0.25) is 0 Å². The van der Waals surface area contributed by atoms with Crippen LogP contribution >= 0.6 is 0 Å². The smallest absolute Gasteiger partial charge is 0.286 e. The summed E-state index contributed by atoms with van der Waals surface area (Å²) in [7, 11) is -1.56. The van der Waals surface area contributed by atoms with Crippen LogP contribution in [0.25, 0.3) is 0 Å². The second-order valence-electron chi connectivity index (χ2n) is 4.14. The van der Waals surface area contributed by atoms with Gasteiger partial charge in [0, 0.05) is 0 Å². The topological polar surface area (TPSA) is 49.3 Å². The summed E-state index contributed by atoms with van der Waals surface area (Å²) in [6.07, 6.45) is 0. The van der Waals surface area contributed by atoms with Crippen LogP contribution in [0.15, 0.2) is 0 Å². The lowest BCUT2D eigenvalue weighted by atomic mass is 10.2. The molecule has 0 aliphatic heterocycles. The van der Waals surface area contributed by atoms with Crippen molar-refractivity contribution in [2.75, 3.05) is 6.61 Å². The highest BCUT2D eigenvalue weighted by Crippen LogP contribution is 2.19. The lowest BCUT2D eigenvalue weighted by molar-refractivity contribution is -0.0693. The van der Waals surface area contributed by atoms with Crippen LogP contribution in [0.2, 0.25) is 0 Å². The summed E-state index contributed by atoms with van der Waals surface area (Å²) >= 11 is 0. The summed E-state index contributed by atoms with van der Waals surface area (Å²) in [5, 5.41) is 8.39. The average Bonchev–Trinajstić information content (AvgIpc) is 2.02. The summed E-state index contributed by atoms with van der Waals surface area (Å²) in [6, 6.07) is -1.31. The molecule has 0 spiro atoms. The molecule has 0 aromatic heterocycles. The molecule has 3 nitrogen and oxygen atoms in total. The van der Waals surface area contributed by atoms with E-state index in [1.54, 1.807) is 20.8 Å². The van der Waals surface area contributed by atoms with Gasteiger partial charge in [0.1, 0.15) is 6.61 Å². The van der Waals surface area contributed by atoms with E-state index in [9.17, 15) is 13.0 Å². The number of aliphatic hydroxyl groups is 1. The fraction of sp³-hybridized carbons (Fsp3) is 1.00. The summed E-state index contributed by atoms with van der Waals surface area (Å²) in [6.45, 7) is 4.99. The predicted octanol–water partition coefficient (Wildman–Crippen LogP) is 1.05. The van der Waals surface area contributed by atoms with Gasteiger partial charge >= 0.3 is 0 Å². The quantitative estimate of drug-likeness (QED) is 0.757. The lowest BCUT2D eigenvalue weighted by Crippen LogP contribution is -2.49. The van der Waals surface area contributed by atoms with Crippen molar-refractivity contribution in [2.45, 2.75) is 44.4 Å². The van der Waals surface area contributed by atoms with Gasteiger partial charge in [-0.05, 0) is 27.7 Å². The second kappa shape index (κ2) is 4.63. The molecule has 0 aliphatic rings. The van der Waals surface area contributed by atoms with E-state index in [4.69, 9.17) is 5.11 Å². The van der Waals surface area contributed by atoms with Gasteiger partial charge in [0.25, 0.3) is 5.92 Å². The van der Waals surface area contributed by atoms with E-state index >= 15 is 0 Å². The van der Waals surface area contributed by atoms with Crippen molar-refractivity contribution in [1.29, 1.82) is 0 Å². The molecule has 86 valence electrons. The number of hydrogen-bond acceptors (Lipinski definition) is 2. The van der Waals surface area contributed by atoms with Gasteiger partial charge in [0.05, 0.1) is 21.8 Å². The predicted molar refractivity (Wildman–Crippen MR) is 52.5 cm³/mol. The van der Waals surface area contributed by atoms with Crippen LogP contribution < -0.4 is 4.72 Å². The van der Waals surface area contributed by atoms with Crippen LogP contribution in [-0.4, -0.2) is 32.6 Å². The normalized spacial score (nSPS) is 17.9. The highest BCUT2D eigenvalue weighted by atomic mass is 32.2. The van der Waals surface area contributed by atoms with Crippen molar-refractivity contribution in [3.63, 3.8) is 0 Å². The molecule has 2 N–H and O–H groups in total. The second-order valence-corrected chi connectivity index (χ2v) is 6.14. The minimum atomic E-state index is -3.25. The third-order valence-electron chi connectivity index (χ3n) is 1.68. The van der Waals surface area contributed by atoms with Gasteiger partial charge in [-0.3, -0.25) is 0 Å². The number of aliphatic hydroxyl groups excluding tert-OH is 1. The van der Waals surface area contributed by atoms with Crippen molar-refractivity contribution in [3.05, 3.63) is 0 Å². The molecule has 0 bridgehead atoms. The maximum absolute atomic E-state index is 12.8. The summed E-state index contributed by atoms with van der Waals surface area (Å²) < 4.78 is 38.8. The van der Waals surface area contributed by atoms with Gasteiger partial charge in [-0.2, -0.15) is 0 Å². The standard InChI is InChI=1S/C8H17F2NO2S/c1-6(8(9,10)5-12)11-14(13)7(2,3)4/h6,11-12H,5H2,1-4H3. The third-order valence-corrected chi connectivity index (χ3v) is 3.36.